The molecule has 60 heavy (non-hydrogen) atoms. The second kappa shape index (κ2) is 15.2. The van der Waals surface area contributed by atoms with Gasteiger partial charge in [0.2, 0.25) is 0 Å². The first-order chi connectivity index (χ1) is 28.3. The van der Waals surface area contributed by atoms with Gasteiger partial charge in [-0.3, -0.25) is 40.5 Å². The summed E-state index contributed by atoms with van der Waals surface area (Å²) >= 11 is 0. The van der Waals surface area contributed by atoms with Gasteiger partial charge in [0, 0.05) is 0 Å². The Hall–Kier alpha value is -10.1. The Bertz CT molecular complexity index is 2340. The summed E-state index contributed by atoms with van der Waals surface area (Å²) in [7, 11) is 0. The molecular weight excluding hydrogens is 832 g/mol. The third kappa shape index (κ3) is 7.72. The second-order valence-corrected chi connectivity index (χ2v) is 11.1. The van der Waals surface area contributed by atoms with E-state index in [2.05, 4.69) is 51.2 Å². The van der Waals surface area contributed by atoms with E-state index in [0.29, 0.717) is 52.9 Å². The normalized spacial score (nSPS) is 11.3. The number of rotatable bonds is 18. The van der Waals surface area contributed by atoms with E-state index in [1.807, 2.05) is 0 Å². The minimum absolute atomic E-state index is 0.426. The smallest absolute Gasteiger partial charge is 0.358 e. The summed E-state index contributed by atoms with van der Waals surface area (Å²) < 4.78 is 3.99. The molecule has 0 aliphatic heterocycles. The molecule has 0 aromatic carbocycles. The fourth-order valence-electron chi connectivity index (χ4n) is 4.92. The van der Waals surface area contributed by atoms with Gasteiger partial charge in [-0.25, -0.2) is 0 Å². The maximum Gasteiger partial charge on any atom is 0.467 e. The van der Waals surface area contributed by atoms with E-state index in [9.17, 15) is 80.9 Å². The van der Waals surface area contributed by atoms with Crippen LogP contribution in [-0.2, 0) is 26.2 Å². The van der Waals surface area contributed by atoms with Gasteiger partial charge in [-0.15, -0.1) is 20.4 Å². The summed E-state index contributed by atoms with van der Waals surface area (Å²) in [5.41, 5.74) is -4.22. The number of nitrogens with zero attached hydrogens (tertiary/aromatic N) is 24. The first-order valence-corrected chi connectivity index (χ1v) is 15.1. The lowest BCUT2D eigenvalue weighted by Crippen LogP contribution is -2.13. The lowest BCUT2D eigenvalue weighted by atomic mass is 10.5. The van der Waals surface area contributed by atoms with Crippen molar-refractivity contribution in [2.24, 2.45) is 10.4 Å². The van der Waals surface area contributed by atoms with Crippen LogP contribution in [0.2, 0.25) is 0 Å². The highest BCUT2D eigenvalue weighted by atomic mass is 16.7. The highest BCUT2D eigenvalue weighted by Crippen LogP contribution is 2.28. The fourth-order valence-corrected chi connectivity index (χ4v) is 4.92. The van der Waals surface area contributed by atoms with Crippen LogP contribution in [0.25, 0.3) is 0 Å². The molecule has 6 heterocycles. The van der Waals surface area contributed by atoms with E-state index in [1.54, 1.807) is 0 Å². The van der Waals surface area contributed by atoms with Crippen LogP contribution in [0, 0.1) is 80.9 Å². The Morgan fingerprint density at radius 2 is 0.567 bits per heavy atom. The molecule has 0 aliphatic carbocycles. The molecule has 308 valence electrons. The molecule has 0 aliphatic rings. The van der Waals surface area contributed by atoms with Gasteiger partial charge < -0.3 is 40.5 Å². The molecule has 0 amide bonds. The van der Waals surface area contributed by atoms with Gasteiger partial charge >= 0.3 is 46.0 Å². The number of aromatic nitrogens is 14. The van der Waals surface area contributed by atoms with Crippen molar-refractivity contribution in [2.75, 3.05) is 0 Å². The zero-order valence-corrected chi connectivity index (χ0v) is 28.4. The molecule has 0 saturated heterocycles. The van der Waals surface area contributed by atoms with Crippen molar-refractivity contribution in [3.05, 3.63) is 129 Å². The van der Waals surface area contributed by atoms with Crippen LogP contribution >= 0.6 is 0 Å². The number of nitro groups is 8. The minimum Gasteiger partial charge on any atom is -0.358 e. The SMILES string of the molecule is O=[N+]([O-])c1cn(Cc2nnc(Cn3cc([N+](=O)[O-])c([N+](=O)[O-])n3)n2/N=N/n2c(Cn3cc([N+](=O)[O-])c([N+](=O)[O-])n3)nnc2Cn2cc([N+](=O)[O-])c([N+](=O)[O-])n2)nc1[N+](=O)[O-]. The molecule has 0 radical (unpaired) electrons. The molecule has 0 spiro atoms. The van der Waals surface area contributed by atoms with Crippen LogP contribution < -0.4 is 0 Å². The maximum absolute atomic E-state index is 11.4. The van der Waals surface area contributed by atoms with E-state index in [1.165, 1.54) is 0 Å². The Morgan fingerprint density at radius 3 is 0.717 bits per heavy atom. The number of hydrogen-bond acceptors (Lipinski definition) is 26. The third-order valence-electron chi connectivity index (χ3n) is 7.35. The standard InChI is InChI=1S/C20H12N24O16/c45-37(46)9-1-31(25-17(9)41(53)54)5-13-21-22-14(6-32-2-10(38(47)48)18(26-32)42(55)56)35(13)29-30-36-15(7-33-3-11(39(49)50)19(27-33)43(57)58)23-24-16(36)8-34-4-12(40(51)52)20(28-34)44(59)60/h1-4H,5-8H2/b30-29+. The molecule has 0 N–H and O–H groups in total. The molecule has 0 saturated carbocycles. The van der Waals surface area contributed by atoms with E-state index in [-0.39, 0.29) is 0 Å². The summed E-state index contributed by atoms with van der Waals surface area (Å²) in [6.45, 7) is -2.93. The van der Waals surface area contributed by atoms with Gasteiger partial charge in [0.05, 0.1) is 40.1 Å². The lowest BCUT2D eigenvalue weighted by molar-refractivity contribution is -0.424. The highest BCUT2D eigenvalue weighted by molar-refractivity contribution is 5.46. The molecule has 40 nitrogen and oxygen atoms in total. The molecule has 0 fully saturated rings. The van der Waals surface area contributed by atoms with Gasteiger partial charge in [0.25, 0.3) is 0 Å². The summed E-state index contributed by atoms with van der Waals surface area (Å²) in [6.07, 6.45) is 2.54. The van der Waals surface area contributed by atoms with E-state index >= 15 is 0 Å². The molecule has 6 aromatic rings. The fraction of sp³-hybridized carbons (Fsp3) is 0.200. The van der Waals surface area contributed by atoms with Crippen LogP contribution in [0.5, 0.6) is 0 Å². The van der Waals surface area contributed by atoms with E-state index in [0.717, 1.165) is 0 Å². The van der Waals surface area contributed by atoms with Gasteiger partial charge in [-0.1, -0.05) is 0 Å². The van der Waals surface area contributed by atoms with Crippen molar-refractivity contribution >= 4 is 46.0 Å². The zero-order chi connectivity index (χ0) is 43.7. The Balaban J connectivity index is 1.49. The van der Waals surface area contributed by atoms with Crippen molar-refractivity contribution in [2.45, 2.75) is 26.2 Å². The highest BCUT2D eigenvalue weighted by Gasteiger charge is 2.35. The zero-order valence-electron chi connectivity index (χ0n) is 28.4. The topological polar surface area (TPSA) is 503 Å². The Labute approximate surface area is 320 Å². The Kier molecular flexibility index (Phi) is 10.0. The van der Waals surface area contributed by atoms with Crippen LogP contribution in [0.4, 0.5) is 46.0 Å². The first-order valence-electron chi connectivity index (χ1n) is 15.1. The first kappa shape index (κ1) is 39.6. The van der Waals surface area contributed by atoms with Crippen molar-refractivity contribution in [1.82, 2.24) is 68.9 Å². The van der Waals surface area contributed by atoms with Crippen molar-refractivity contribution in [1.29, 1.82) is 0 Å². The van der Waals surface area contributed by atoms with Crippen molar-refractivity contribution in [3.63, 3.8) is 0 Å². The van der Waals surface area contributed by atoms with E-state index in [4.69, 9.17) is 0 Å². The van der Waals surface area contributed by atoms with Crippen LogP contribution in [0.15, 0.2) is 35.2 Å². The van der Waals surface area contributed by atoms with Crippen LogP contribution in [-0.4, -0.2) is 108 Å². The average molecular weight is 844 g/mol. The van der Waals surface area contributed by atoms with Crippen molar-refractivity contribution < 1.29 is 39.4 Å². The predicted octanol–water partition coefficient (Wildman–Crippen LogP) is -0.207. The van der Waals surface area contributed by atoms with Gasteiger partial charge in [-0.05, 0) is 30.1 Å². The summed E-state index contributed by atoms with van der Waals surface area (Å²) in [4.78, 5) is 82.3. The van der Waals surface area contributed by atoms with Crippen molar-refractivity contribution in [3.8, 4) is 0 Å². The largest absolute Gasteiger partial charge is 0.467 e. The van der Waals surface area contributed by atoms with Crippen LogP contribution in [0.1, 0.15) is 23.3 Å². The average Bonchev–Trinajstić information content (AvgIpc) is 4.02. The molecule has 0 unspecified atom stereocenters. The quantitative estimate of drug-likeness (QED) is 0.0613. The predicted molar refractivity (Wildman–Crippen MR) is 174 cm³/mol. The summed E-state index contributed by atoms with van der Waals surface area (Å²) in [5, 5.41) is 129. The number of hydrogen-bond donors (Lipinski definition) is 0. The summed E-state index contributed by atoms with van der Waals surface area (Å²) in [5.74, 6) is -6.48. The Morgan fingerprint density at radius 1 is 0.367 bits per heavy atom. The molecular formula is C20H12N24O16. The lowest BCUT2D eigenvalue weighted by Gasteiger charge is -2.04. The molecule has 0 atom stereocenters. The molecule has 40 heteroatoms. The minimum atomic E-state index is -1.19. The monoisotopic (exact) mass is 844 g/mol. The molecule has 0 bridgehead atoms. The van der Waals surface area contributed by atoms with Gasteiger partial charge in [0.15, 0.2) is 23.3 Å². The van der Waals surface area contributed by atoms with Gasteiger partial charge in [0.1, 0.15) is 51.0 Å². The molecule has 6 aromatic heterocycles. The third-order valence-corrected chi connectivity index (χ3v) is 7.35. The molecule has 6 rings (SSSR count). The van der Waals surface area contributed by atoms with Gasteiger partial charge in [-0.2, -0.15) is 28.1 Å². The van der Waals surface area contributed by atoms with E-state index < -0.39 is 135 Å². The van der Waals surface area contributed by atoms with Crippen LogP contribution in [0.3, 0.4) is 0 Å². The second-order valence-electron chi connectivity index (χ2n) is 11.1. The maximum atomic E-state index is 11.4. The summed E-state index contributed by atoms with van der Waals surface area (Å²) in [6, 6.07) is 0.